The lowest BCUT2D eigenvalue weighted by atomic mass is 10.0. The fourth-order valence-corrected chi connectivity index (χ4v) is 2.07. The number of carbonyl (C=O) groups is 2. The smallest absolute Gasteiger partial charge is 0.338 e. The molecule has 2 rings (SSSR count). The van der Waals surface area contributed by atoms with Crippen LogP contribution in [-0.2, 0) is 4.79 Å². The summed E-state index contributed by atoms with van der Waals surface area (Å²) in [5.74, 6) is -2.40. The minimum absolute atomic E-state index is 0.220. The molecule has 1 aromatic rings. The third-order valence-electron chi connectivity index (χ3n) is 3.09. The maximum absolute atomic E-state index is 13.2. The van der Waals surface area contributed by atoms with E-state index in [1.807, 2.05) is 0 Å². The minimum Gasteiger partial charge on any atom is -0.478 e. The Hall–Kier alpha value is -1.95. The van der Waals surface area contributed by atoms with Crippen LogP contribution in [0.5, 0.6) is 0 Å². The van der Waals surface area contributed by atoms with E-state index < -0.39 is 17.3 Å². The highest BCUT2D eigenvalue weighted by Gasteiger charge is 2.21. The molecule has 0 saturated carbocycles. The molecule has 1 atom stereocenters. The molecule has 0 aromatic heterocycles. The van der Waals surface area contributed by atoms with Crippen LogP contribution in [0.25, 0.3) is 0 Å². The predicted molar refractivity (Wildman–Crippen MR) is 67.6 cm³/mol. The molecule has 0 radical (unpaired) electrons. The number of nitrogens with one attached hydrogen (secondary N) is 2. The Labute approximate surface area is 109 Å². The molecule has 0 spiro atoms. The first-order valence-corrected chi connectivity index (χ1v) is 6.15. The van der Waals surface area contributed by atoms with Gasteiger partial charge in [-0.05, 0) is 37.6 Å². The zero-order chi connectivity index (χ0) is 13.8. The van der Waals surface area contributed by atoms with Gasteiger partial charge in [0.05, 0.1) is 11.6 Å². The zero-order valence-corrected chi connectivity index (χ0v) is 10.3. The molecule has 102 valence electrons. The molecule has 1 heterocycles. The number of aromatic carboxylic acids is 1. The second-order valence-corrected chi connectivity index (χ2v) is 4.49. The van der Waals surface area contributed by atoms with E-state index in [0.29, 0.717) is 0 Å². The quantitative estimate of drug-likeness (QED) is 0.776. The molecule has 5 nitrogen and oxygen atoms in total. The van der Waals surface area contributed by atoms with Gasteiger partial charge < -0.3 is 15.7 Å². The maximum atomic E-state index is 13.2. The molecular weight excluding hydrogens is 251 g/mol. The lowest BCUT2D eigenvalue weighted by Crippen LogP contribution is -2.43. The molecule has 0 bridgehead atoms. The fraction of sp³-hybridized carbons (Fsp3) is 0.385. The highest BCUT2D eigenvalue weighted by Crippen LogP contribution is 2.16. The first-order valence-electron chi connectivity index (χ1n) is 6.15. The van der Waals surface area contributed by atoms with Gasteiger partial charge in [-0.15, -0.1) is 0 Å². The summed E-state index contributed by atoms with van der Waals surface area (Å²) in [4.78, 5) is 22.7. The SMILES string of the molecule is O=C(O)c1cc(NC(=O)[C@@H]2CCCCN2)ccc1F. The van der Waals surface area contributed by atoms with Crippen LogP contribution in [0.3, 0.4) is 0 Å². The number of piperidine rings is 1. The Morgan fingerprint density at radius 3 is 2.79 bits per heavy atom. The lowest BCUT2D eigenvalue weighted by Gasteiger charge is -2.22. The number of hydrogen-bond donors (Lipinski definition) is 3. The zero-order valence-electron chi connectivity index (χ0n) is 10.3. The predicted octanol–water partition coefficient (Wildman–Crippen LogP) is 1.60. The van der Waals surface area contributed by atoms with Crippen LogP contribution >= 0.6 is 0 Å². The van der Waals surface area contributed by atoms with Gasteiger partial charge in [0, 0.05) is 5.69 Å². The van der Waals surface area contributed by atoms with Gasteiger partial charge in [0.15, 0.2) is 0 Å². The van der Waals surface area contributed by atoms with Crippen LogP contribution in [-0.4, -0.2) is 29.6 Å². The summed E-state index contributed by atoms with van der Waals surface area (Å²) in [5, 5.41) is 14.5. The van der Waals surface area contributed by atoms with Crippen molar-refractivity contribution in [3.63, 3.8) is 0 Å². The topological polar surface area (TPSA) is 78.4 Å². The summed E-state index contributed by atoms with van der Waals surface area (Å²) in [7, 11) is 0. The Morgan fingerprint density at radius 1 is 1.37 bits per heavy atom. The van der Waals surface area contributed by atoms with Gasteiger partial charge in [0.1, 0.15) is 5.82 Å². The van der Waals surface area contributed by atoms with Gasteiger partial charge in [-0.1, -0.05) is 6.42 Å². The van der Waals surface area contributed by atoms with Crippen molar-refractivity contribution in [1.82, 2.24) is 5.32 Å². The number of halogens is 1. The number of carboxylic acids is 1. The van der Waals surface area contributed by atoms with Crippen molar-refractivity contribution in [2.75, 3.05) is 11.9 Å². The maximum Gasteiger partial charge on any atom is 0.338 e. The average Bonchev–Trinajstić information content (AvgIpc) is 2.41. The highest BCUT2D eigenvalue weighted by molar-refractivity contribution is 5.96. The van der Waals surface area contributed by atoms with Crippen molar-refractivity contribution in [2.45, 2.75) is 25.3 Å². The molecule has 1 aliphatic heterocycles. The third-order valence-corrected chi connectivity index (χ3v) is 3.09. The summed E-state index contributed by atoms with van der Waals surface area (Å²) in [6.45, 7) is 0.794. The van der Waals surface area contributed by atoms with Crippen molar-refractivity contribution < 1.29 is 19.1 Å². The molecule has 0 unspecified atom stereocenters. The molecule has 3 N–H and O–H groups in total. The van der Waals surface area contributed by atoms with Crippen LogP contribution in [0.4, 0.5) is 10.1 Å². The van der Waals surface area contributed by atoms with E-state index in [1.54, 1.807) is 0 Å². The summed E-state index contributed by atoms with van der Waals surface area (Å²) in [6, 6.07) is 3.24. The molecule has 1 fully saturated rings. The Bertz CT molecular complexity index is 499. The van der Waals surface area contributed by atoms with Gasteiger partial charge >= 0.3 is 5.97 Å². The largest absolute Gasteiger partial charge is 0.478 e. The van der Waals surface area contributed by atoms with Crippen molar-refractivity contribution in [2.24, 2.45) is 0 Å². The van der Waals surface area contributed by atoms with Gasteiger partial charge in [-0.3, -0.25) is 4.79 Å². The Kier molecular flexibility index (Phi) is 4.11. The molecule has 1 amide bonds. The van der Waals surface area contributed by atoms with E-state index in [9.17, 15) is 14.0 Å². The van der Waals surface area contributed by atoms with E-state index in [-0.39, 0.29) is 17.6 Å². The van der Waals surface area contributed by atoms with E-state index in [1.165, 1.54) is 6.07 Å². The Balaban J connectivity index is 2.08. The van der Waals surface area contributed by atoms with E-state index in [2.05, 4.69) is 10.6 Å². The number of hydrogen-bond acceptors (Lipinski definition) is 3. The summed E-state index contributed by atoms with van der Waals surface area (Å²) in [5.41, 5.74) is -0.162. The van der Waals surface area contributed by atoms with Crippen LogP contribution in [0, 0.1) is 5.82 Å². The van der Waals surface area contributed by atoms with Crippen LogP contribution in [0.2, 0.25) is 0 Å². The van der Waals surface area contributed by atoms with E-state index in [4.69, 9.17) is 5.11 Å². The van der Waals surface area contributed by atoms with Crippen LogP contribution < -0.4 is 10.6 Å². The number of amides is 1. The molecule has 1 saturated heterocycles. The Morgan fingerprint density at radius 2 is 2.16 bits per heavy atom. The van der Waals surface area contributed by atoms with Crippen molar-refractivity contribution in [3.8, 4) is 0 Å². The fourth-order valence-electron chi connectivity index (χ4n) is 2.07. The number of carbonyl (C=O) groups excluding carboxylic acids is 1. The molecule has 0 aliphatic carbocycles. The van der Waals surface area contributed by atoms with Crippen LogP contribution in [0.15, 0.2) is 18.2 Å². The van der Waals surface area contributed by atoms with Gasteiger partial charge in [0.2, 0.25) is 5.91 Å². The van der Waals surface area contributed by atoms with E-state index >= 15 is 0 Å². The number of anilines is 1. The monoisotopic (exact) mass is 266 g/mol. The number of benzene rings is 1. The normalized spacial score (nSPS) is 18.9. The van der Waals surface area contributed by atoms with Gasteiger partial charge in [-0.25, -0.2) is 9.18 Å². The number of rotatable bonds is 3. The minimum atomic E-state index is -1.36. The number of carboxylic acid groups (broad SMARTS) is 1. The first-order chi connectivity index (χ1) is 9.08. The third kappa shape index (κ3) is 3.29. The second kappa shape index (κ2) is 5.79. The van der Waals surface area contributed by atoms with Gasteiger partial charge in [0.25, 0.3) is 0 Å². The molecule has 6 heteroatoms. The summed E-state index contributed by atoms with van der Waals surface area (Å²) in [6.07, 6.45) is 2.77. The highest BCUT2D eigenvalue weighted by atomic mass is 19.1. The molecule has 19 heavy (non-hydrogen) atoms. The van der Waals surface area contributed by atoms with Crippen LogP contribution in [0.1, 0.15) is 29.6 Å². The lowest BCUT2D eigenvalue weighted by molar-refractivity contribution is -0.118. The average molecular weight is 266 g/mol. The molecule has 1 aromatic carbocycles. The van der Waals surface area contributed by atoms with Gasteiger partial charge in [-0.2, -0.15) is 0 Å². The van der Waals surface area contributed by atoms with E-state index in [0.717, 1.165) is 37.9 Å². The summed E-state index contributed by atoms with van der Waals surface area (Å²) < 4.78 is 13.2. The molecule has 1 aliphatic rings. The van der Waals surface area contributed by atoms with Crippen molar-refractivity contribution >= 4 is 17.6 Å². The molecular formula is C13H15FN2O3. The first kappa shape index (κ1) is 13.5. The summed E-state index contributed by atoms with van der Waals surface area (Å²) >= 11 is 0. The second-order valence-electron chi connectivity index (χ2n) is 4.49. The standard InChI is InChI=1S/C13H15FN2O3/c14-10-5-4-8(7-9(10)13(18)19)16-12(17)11-3-1-2-6-15-11/h4-5,7,11,15H,1-3,6H2,(H,16,17)(H,18,19)/t11-/m0/s1. The van der Waals surface area contributed by atoms with Crippen molar-refractivity contribution in [3.05, 3.63) is 29.6 Å². The van der Waals surface area contributed by atoms with Crippen molar-refractivity contribution in [1.29, 1.82) is 0 Å².